The van der Waals surface area contributed by atoms with E-state index >= 15 is 0 Å². The predicted octanol–water partition coefficient (Wildman–Crippen LogP) is 7.17. The van der Waals surface area contributed by atoms with Crippen LogP contribution in [0.5, 0.6) is 5.75 Å². The Kier molecular flexibility index (Phi) is 7.38. The molecular weight excluding hydrogens is 598 g/mol. The molecule has 0 atom stereocenters. The van der Waals surface area contributed by atoms with Crippen LogP contribution in [0.1, 0.15) is 5.56 Å². The van der Waals surface area contributed by atoms with E-state index in [2.05, 4.69) is 20.0 Å². The SMILES string of the molecule is O=C(CSc1nc2c([nH]c3ccccc32)c(=O)n1-c1ccc(OC(F)(F)F)cc1)Nc1cc(C(F)(F)F)ccc1Cl. The number of aromatic amines is 1. The Labute approximate surface area is 235 Å². The summed E-state index contributed by atoms with van der Waals surface area (Å²) in [6.45, 7) is 0. The molecule has 15 heteroatoms. The van der Waals surface area contributed by atoms with Crippen molar-refractivity contribution < 1.29 is 35.9 Å². The van der Waals surface area contributed by atoms with Crippen molar-refractivity contribution in [3.8, 4) is 11.4 Å². The highest BCUT2D eigenvalue weighted by molar-refractivity contribution is 7.99. The molecular formula is C26H15ClF6N4O3S. The molecule has 0 bridgehead atoms. The summed E-state index contributed by atoms with van der Waals surface area (Å²) in [4.78, 5) is 33.8. The molecule has 5 rings (SSSR count). The number of fused-ring (bicyclic) bond motifs is 3. The number of para-hydroxylation sites is 1. The standard InChI is InChI=1S/C26H15ClF6N4O3S/c27-17-10-5-13(25(28,29)30)11-19(17)34-20(38)12-41-24-36-21-16-3-1-2-4-18(16)35-22(21)23(39)37(24)14-6-8-15(9-7-14)40-26(31,32)33/h1-11,35H,12H2,(H,34,38). The van der Waals surface area contributed by atoms with Gasteiger partial charge in [0.05, 0.1) is 27.7 Å². The van der Waals surface area contributed by atoms with E-state index in [0.717, 1.165) is 40.6 Å². The first-order valence-corrected chi connectivity index (χ1v) is 12.9. The summed E-state index contributed by atoms with van der Waals surface area (Å²) in [7, 11) is 0. The lowest BCUT2D eigenvalue weighted by atomic mass is 10.2. The van der Waals surface area contributed by atoms with Crippen molar-refractivity contribution in [3.05, 3.63) is 87.7 Å². The Morgan fingerprint density at radius 1 is 1.02 bits per heavy atom. The average molecular weight is 613 g/mol. The fraction of sp³-hybridized carbons (Fsp3) is 0.115. The van der Waals surface area contributed by atoms with E-state index in [1.54, 1.807) is 24.3 Å². The Morgan fingerprint density at radius 2 is 1.73 bits per heavy atom. The van der Waals surface area contributed by atoms with Crippen molar-refractivity contribution in [3.63, 3.8) is 0 Å². The number of halogens is 7. The van der Waals surface area contributed by atoms with Gasteiger partial charge in [0.2, 0.25) is 5.91 Å². The Hall–Kier alpha value is -4.17. The number of amides is 1. The van der Waals surface area contributed by atoms with E-state index in [1.165, 1.54) is 12.1 Å². The number of carbonyl (C=O) groups is 1. The lowest BCUT2D eigenvalue weighted by molar-refractivity contribution is -0.274. The topological polar surface area (TPSA) is 89.0 Å². The van der Waals surface area contributed by atoms with Gasteiger partial charge in [-0.25, -0.2) is 4.98 Å². The molecule has 2 aromatic heterocycles. The first-order chi connectivity index (χ1) is 19.3. The number of thioether (sulfide) groups is 1. The molecule has 2 N–H and O–H groups in total. The van der Waals surface area contributed by atoms with Gasteiger partial charge in [-0.3, -0.25) is 14.2 Å². The molecule has 2 heterocycles. The fourth-order valence-electron chi connectivity index (χ4n) is 3.98. The van der Waals surface area contributed by atoms with Gasteiger partial charge in [-0.1, -0.05) is 41.6 Å². The monoisotopic (exact) mass is 612 g/mol. The summed E-state index contributed by atoms with van der Waals surface area (Å²) in [5.41, 5.74) is -0.727. The maximum atomic E-state index is 13.6. The molecule has 0 aliphatic carbocycles. The molecule has 0 spiro atoms. The number of ether oxygens (including phenoxy) is 1. The number of hydrogen-bond donors (Lipinski definition) is 2. The summed E-state index contributed by atoms with van der Waals surface area (Å²) >= 11 is 6.75. The van der Waals surface area contributed by atoms with Crippen LogP contribution in [0.15, 0.2) is 76.7 Å². The van der Waals surface area contributed by atoms with Crippen molar-refractivity contribution in [2.75, 3.05) is 11.1 Å². The van der Waals surface area contributed by atoms with E-state index in [1.807, 2.05) is 0 Å². The van der Waals surface area contributed by atoms with Crippen LogP contribution in [0.3, 0.4) is 0 Å². The third-order valence-corrected chi connectivity index (χ3v) is 6.99. The molecule has 3 aromatic carbocycles. The average Bonchev–Trinajstić information content (AvgIpc) is 3.27. The third kappa shape index (κ3) is 6.12. The minimum atomic E-state index is -4.92. The van der Waals surface area contributed by atoms with Gasteiger partial charge in [0.1, 0.15) is 16.8 Å². The molecule has 5 aromatic rings. The van der Waals surface area contributed by atoms with Crippen LogP contribution in [-0.2, 0) is 11.0 Å². The van der Waals surface area contributed by atoms with Gasteiger partial charge in [-0.05, 0) is 48.5 Å². The highest BCUT2D eigenvalue weighted by atomic mass is 35.5. The van der Waals surface area contributed by atoms with Crippen LogP contribution < -0.4 is 15.6 Å². The maximum absolute atomic E-state index is 13.6. The molecule has 0 fully saturated rings. The van der Waals surface area contributed by atoms with Crippen LogP contribution in [0.2, 0.25) is 5.02 Å². The van der Waals surface area contributed by atoms with Crippen molar-refractivity contribution >= 4 is 56.9 Å². The zero-order valence-corrected chi connectivity index (χ0v) is 21.8. The molecule has 0 aliphatic heterocycles. The van der Waals surface area contributed by atoms with Crippen LogP contribution in [0, 0.1) is 0 Å². The normalized spacial score (nSPS) is 12.2. The van der Waals surface area contributed by atoms with Gasteiger partial charge in [0.25, 0.3) is 5.56 Å². The first kappa shape index (κ1) is 28.4. The second kappa shape index (κ2) is 10.7. The minimum Gasteiger partial charge on any atom is -0.406 e. The fourth-order valence-corrected chi connectivity index (χ4v) is 4.95. The smallest absolute Gasteiger partial charge is 0.406 e. The highest BCUT2D eigenvalue weighted by Gasteiger charge is 2.32. The molecule has 7 nitrogen and oxygen atoms in total. The van der Waals surface area contributed by atoms with Gasteiger partial charge in [-0.15, -0.1) is 13.2 Å². The van der Waals surface area contributed by atoms with Gasteiger partial charge >= 0.3 is 12.5 Å². The van der Waals surface area contributed by atoms with Gasteiger partial charge in [-0.2, -0.15) is 13.2 Å². The predicted molar refractivity (Wildman–Crippen MR) is 142 cm³/mol. The van der Waals surface area contributed by atoms with E-state index < -0.39 is 41.1 Å². The van der Waals surface area contributed by atoms with Crippen molar-refractivity contribution in [2.45, 2.75) is 17.7 Å². The van der Waals surface area contributed by atoms with Crippen LogP contribution >= 0.6 is 23.4 Å². The summed E-state index contributed by atoms with van der Waals surface area (Å²) in [5, 5.41) is 2.82. The van der Waals surface area contributed by atoms with Crippen LogP contribution in [0.25, 0.3) is 27.6 Å². The quantitative estimate of drug-likeness (QED) is 0.121. The van der Waals surface area contributed by atoms with Crippen molar-refractivity contribution in [1.82, 2.24) is 14.5 Å². The number of benzene rings is 3. The largest absolute Gasteiger partial charge is 0.573 e. The Balaban J connectivity index is 1.50. The number of hydrogen-bond acceptors (Lipinski definition) is 5. The second-order valence-electron chi connectivity index (χ2n) is 8.50. The number of carbonyl (C=O) groups excluding carboxylic acids is 1. The molecule has 0 saturated heterocycles. The van der Waals surface area contributed by atoms with Crippen LogP contribution in [0.4, 0.5) is 32.0 Å². The third-order valence-electron chi connectivity index (χ3n) is 5.72. The van der Waals surface area contributed by atoms with Crippen LogP contribution in [-0.4, -0.2) is 32.6 Å². The lowest BCUT2D eigenvalue weighted by Gasteiger charge is -2.14. The zero-order valence-electron chi connectivity index (χ0n) is 20.2. The molecule has 0 aliphatic rings. The van der Waals surface area contributed by atoms with Gasteiger partial charge in [0, 0.05) is 10.9 Å². The van der Waals surface area contributed by atoms with Gasteiger partial charge in [0.15, 0.2) is 5.16 Å². The number of anilines is 1. The number of H-pyrrole nitrogens is 1. The molecule has 41 heavy (non-hydrogen) atoms. The number of aromatic nitrogens is 3. The lowest BCUT2D eigenvalue weighted by Crippen LogP contribution is -2.23. The van der Waals surface area contributed by atoms with Crippen molar-refractivity contribution in [2.24, 2.45) is 0 Å². The molecule has 0 saturated carbocycles. The number of rotatable bonds is 6. The highest BCUT2D eigenvalue weighted by Crippen LogP contribution is 2.34. The van der Waals surface area contributed by atoms with E-state index in [0.29, 0.717) is 22.5 Å². The molecule has 0 unspecified atom stereocenters. The van der Waals surface area contributed by atoms with E-state index in [4.69, 9.17) is 11.6 Å². The zero-order chi connectivity index (χ0) is 29.5. The summed E-state index contributed by atoms with van der Waals surface area (Å²) < 4.78 is 82.1. The van der Waals surface area contributed by atoms with E-state index in [-0.39, 0.29) is 27.1 Å². The van der Waals surface area contributed by atoms with Gasteiger partial charge < -0.3 is 15.0 Å². The first-order valence-electron chi connectivity index (χ1n) is 11.5. The Morgan fingerprint density at radius 3 is 2.41 bits per heavy atom. The molecule has 212 valence electrons. The molecule has 1 amide bonds. The summed E-state index contributed by atoms with van der Waals surface area (Å²) in [5.74, 6) is -1.66. The summed E-state index contributed by atoms with van der Waals surface area (Å²) in [6.07, 6.45) is -9.58. The number of alkyl halides is 6. The Bertz CT molecular complexity index is 1830. The second-order valence-corrected chi connectivity index (χ2v) is 9.85. The minimum absolute atomic E-state index is 0.00188. The summed E-state index contributed by atoms with van der Waals surface area (Å²) in [6, 6.07) is 13.9. The van der Waals surface area contributed by atoms with Crippen molar-refractivity contribution in [1.29, 1.82) is 0 Å². The number of nitrogens with one attached hydrogen (secondary N) is 2. The molecule has 0 radical (unpaired) electrons. The van der Waals surface area contributed by atoms with E-state index in [9.17, 15) is 35.9 Å². The maximum Gasteiger partial charge on any atom is 0.573 e. The number of nitrogens with zero attached hydrogens (tertiary/aromatic N) is 2.